The van der Waals surface area contributed by atoms with E-state index >= 15 is 0 Å². The highest BCUT2D eigenvalue weighted by molar-refractivity contribution is 7.13. The summed E-state index contributed by atoms with van der Waals surface area (Å²) >= 11 is 1.59. The number of rotatable bonds is 3. The third-order valence-corrected chi connectivity index (χ3v) is 5.28. The van der Waals surface area contributed by atoms with Crippen LogP contribution in [0.15, 0.2) is 70.6 Å². The van der Waals surface area contributed by atoms with Gasteiger partial charge in [0.2, 0.25) is 5.89 Å². The molecule has 0 saturated heterocycles. The fourth-order valence-corrected chi connectivity index (χ4v) is 3.78. The van der Waals surface area contributed by atoms with E-state index in [1.54, 1.807) is 29.7 Å². The van der Waals surface area contributed by atoms with Gasteiger partial charge in [0.1, 0.15) is 17.3 Å². The fraction of sp³-hybridized carbons (Fsp3) is 0.0455. The van der Waals surface area contributed by atoms with E-state index in [2.05, 4.69) is 4.98 Å². The standard InChI is InChI=1S/C22H14FN3OS/c1-13-12-24-22(27-13)15-6-9-17-18(11-15)26-21(19-3-2-10-28-19)20(25-17)14-4-7-16(23)8-5-14/h2-12H,1H3. The van der Waals surface area contributed by atoms with Crippen LogP contribution in [-0.2, 0) is 0 Å². The van der Waals surface area contributed by atoms with Crippen LogP contribution in [0.25, 0.3) is 44.3 Å². The second-order valence-corrected chi connectivity index (χ2v) is 7.33. The third-order valence-electron chi connectivity index (χ3n) is 4.40. The van der Waals surface area contributed by atoms with Crippen LogP contribution in [0.3, 0.4) is 0 Å². The Labute approximate surface area is 164 Å². The van der Waals surface area contributed by atoms with Crippen molar-refractivity contribution in [2.24, 2.45) is 0 Å². The zero-order chi connectivity index (χ0) is 19.1. The first-order valence-corrected chi connectivity index (χ1v) is 9.60. The van der Waals surface area contributed by atoms with Gasteiger partial charge in [-0.25, -0.2) is 19.3 Å². The maximum absolute atomic E-state index is 13.4. The van der Waals surface area contributed by atoms with Gasteiger partial charge in [-0.15, -0.1) is 11.3 Å². The van der Waals surface area contributed by atoms with Crippen molar-refractivity contribution in [1.82, 2.24) is 15.0 Å². The summed E-state index contributed by atoms with van der Waals surface area (Å²) in [6.45, 7) is 1.86. The number of aromatic nitrogens is 3. The molecule has 0 aliphatic rings. The Morgan fingerprint density at radius 1 is 0.893 bits per heavy atom. The van der Waals surface area contributed by atoms with Gasteiger partial charge in [0, 0.05) is 11.1 Å². The van der Waals surface area contributed by atoms with E-state index in [0.717, 1.165) is 44.2 Å². The van der Waals surface area contributed by atoms with Crippen molar-refractivity contribution in [1.29, 1.82) is 0 Å². The van der Waals surface area contributed by atoms with Gasteiger partial charge in [-0.1, -0.05) is 6.07 Å². The molecule has 0 radical (unpaired) electrons. The monoisotopic (exact) mass is 387 g/mol. The fourth-order valence-electron chi connectivity index (χ4n) is 3.07. The molecule has 4 nitrogen and oxygen atoms in total. The molecular formula is C22H14FN3OS. The highest BCUT2D eigenvalue weighted by Crippen LogP contribution is 2.34. The average Bonchev–Trinajstić information content (AvgIpc) is 3.39. The topological polar surface area (TPSA) is 51.8 Å². The summed E-state index contributed by atoms with van der Waals surface area (Å²) in [7, 11) is 0. The van der Waals surface area contributed by atoms with Gasteiger partial charge in [-0.3, -0.25) is 0 Å². The molecule has 0 aliphatic heterocycles. The second kappa shape index (κ2) is 6.65. The van der Waals surface area contributed by atoms with E-state index in [4.69, 9.17) is 14.4 Å². The molecule has 3 aromatic heterocycles. The van der Waals surface area contributed by atoms with Crippen molar-refractivity contribution in [3.63, 3.8) is 0 Å². The molecule has 0 fully saturated rings. The molecule has 5 aromatic rings. The summed E-state index contributed by atoms with van der Waals surface area (Å²) in [6.07, 6.45) is 1.69. The van der Waals surface area contributed by atoms with Crippen molar-refractivity contribution in [2.45, 2.75) is 6.92 Å². The summed E-state index contributed by atoms with van der Waals surface area (Å²) in [6, 6.07) is 16.1. The Balaban J connectivity index is 1.73. The number of halogens is 1. The Bertz CT molecular complexity index is 1280. The Kier molecular flexibility index (Phi) is 3.98. The number of benzene rings is 2. The molecule has 6 heteroatoms. The van der Waals surface area contributed by atoms with E-state index in [9.17, 15) is 4.39 Å². The number of thiophene rings is 1. The van der Waals surface area contributed by atoms with E-state index in [1.807, 2.05) is 42.6 Å². The summed E-state index contributed by atoms with van der Waals surface area (Å²) in [5.74, 6) is 1.04. The number of oxazole rings is 1. The normalized spacial score (nSPS) is 11.2. The first-order valence-electron chi connectivity index (χ1n) is 8.72. The summed E-state index contributed by atoms with van der Waals surface area (Å²) < 4.78 is 19.0. The zero-order valence-electron chi connectivity index (χ0n) is 14.9. The molecule has 0 bridgehead atoms. The lowest BCUT2D eigenvalue weighted by atomic mass is 10.1. The van der Waals surface area contributed by atoms with E-state index in [-0.39, 0.29) is 5.82 Å². The smallest absolute Gasteiger partial charge is 0.226 e. The minimum absolute atomic E-state index is 0.277. The lowest BCUT2D eigenvalue weighted by Gasteiger charge is -2.10. The number of hydrogen-bond donors (Lipinski definition) is 0. The first-order chi connectivity index (χ1) is 13.7. The van der Waals surface area contributed by atoms with Crippen LogP contribution in [0.2, 0.25) is 0 Å². The summed E-state index contributed by atoms with van der Waals surface area (Å²) in [5, 5.41) is 2.00. The largest absolute Gasteiger partial charge is 0.441 e. The molecule has 0 unspecified atom stereocenters. The second-order valence-electron chi connectivity index (χ2n) is 6.38. The average molecular weight is 387 g/mol. The molecule has 0 amide bonds. The molecule has 3 heterocycles. The van der Waals surface area contributed by atoms with Crippen LogP contribution in [0.1, 0.15) is 5.76 Å². The van der Waals surface area contributed by atoms with Gasteiger partial charge in [-0.05, 0) is 60.8 Å². The first kappa shape index (κ1) is 16.8. The van der Waals surface area contributed by atoms with E-state index < -0.39 is 0 Å². The van der Waals surface area contributed by atoms with Gasteiger partial charge in [-0.2, -0.15) is 0 Å². The molecule has 0 saturated carbocycles. The molecule has 0 N–H and O–H groups in total. The lowest BCUT2D eigenvalue weighted by molar-refractivity contribution is 0.542. The Morgan fingerprint density at radius 2 is 1.68 bits per heavy atom. The molecule has 28 heavy (non-hydrogen) atoms. The molecule has 5 rings (SSSR count). The third kappa shape index (κ3) is 2.97. The summed E-state index contributed by atoms with van der Waals surface area (Å²) in [5.41, 5.74) is 4.69. The summed E-state index contributed by atoms with van der Waals surface area (Å²) in [4.78, 5) is 15.0. The van der Waals surface area contributed by atoms with Gasteiger partial charge in [0.05, 0.1) is 27.8 Å². The highest BCUT2D eigenvalue weighted by Gasteiger charge is 2.15. The van der Waals surface area contributed by atoms with Gasteiger partial charge in [0.25, 0.3) is 0 Å². The van der Waals surface area contributed by atoms with E-state index in [1.165, 1.54) is 12.1 Å². The molecule has 0 aliphatic carbocycles. The molecule has 136 valence electrons. The molecule has 0 atom stereocenters. The highest BCUT2D eigenvalue weighted by atomic mass is 32.1. The number of nitrogens with zero attached hydrogens (tertiary/aromatic N) is 3. The quantitative estimate of drug-likeness (QED) is 0.374. The number of aryl methyl sites for hydroxylation is 1. The molecule has 2 aromatic carbocycles. The van der Waals surface area contributed by atoms with Crippen molar-refractivity contribution in [2.75, 3.05) is 0 Å². The van der Waals surface area contributed by atoms with Crippen molar-refractivity contribution >= 4 is 22.4 Å². The van der Waals surface area contributed by atoms with Crippen LogP contribution in [-0.4, -0.2) is 15.0 Å². The predicted molar refractivity (Wildman–Crippen MR) is 108 cm³/mol. The maximum Gasteiger partial charge on any atom is 0.226 e. The van der Waals surface area contributed by atoms with Crippen molar-refractivity contribution in [3.8, 4) is 33.3 Å². The maximum atomic E-state index is 13.4. The van der Waals surface area contributed by atoms with Gasteiger partial charge in [0.15, 0.2) is 0 Å². The van der Waals surface area contributed by atoms with Crippen molar-refractivity contribution in [3.05, 3.63) is 77.8 Å². The molecular weight excluding hydrogens is 373 g/mol. The number of hydrogen-bond acceptors (Lipinski definition) is 5. The lowest BCUT2D eigenvalue weighted by Crippen LogP contribution is -1.95. The van der Waals surface area contributed by atoms with Gasteiger partial charge < -0.3 is 4.42 Å². The van der Waals surface area contributed by atoms with E-state index in [0.29, 0.717) is 5.89 Å². The minimum Gasteiger partial charge on any atom is -0.441 e. The van der Waals surface area contributed by atoms with Crippen LogP contribution in [0, 0.1) is 12.7 Å². The van der Waals surface area contributed by atoms with Gasteiger partial charge >= 0.3 is 0 Å². The number of fused-ring (bicyclic) bond motifs is 1. The van der Waals surface area contributed by atoms with Crippen LogP contribution in [0.4, 0.5) is 4.39 Å². The Morgan fingerprint density at radius 3 is 2.39 bits per heavy atom. The van der Waals surface area contributed by atoms with Crippen molar-refractivity contribution < 1.29 is 8.81 Å². The van der Waals surface area contributed by atoms with Crippen LogP contribution in [0.5, 0.6) is 0 Å². The Hall–Kier alpha value is -3.38. The zero-order valence-corrected chi connectivity index (χ0v) is 15.7. The molecule has 0 spiro atoms. The van der Waals surface area contributed by atoms with Crippen LogP contribution >= 0.6 is 11.3 Å². The van der Waals surface area contributed by atoms with Crippen LogP contribution < -0.4 is 0 Å². The minimum atomic E-state index is -0.277. The predicted octanol–water partition coefficient (Wildman–Crippen LogP) is 6.13. The SMILES string of the molecule is Cc1cnc(-c2ccc3nc(-c4ccc(F)cc4)c(-c4cccs4)nc3c2)o1.